The lowest BCUT2D eigenvalue weighted by Crippen LogP contribution is -2.02. The highest BCUT2D eigenvalue weighted by Gasteiger charge is 2.19. The van der Waals surface area contributed by atoms with E-state index in [1.807, 2.05) is 42.1 Å². The van der Waals surface area contributed by atoms with Gasteiger partial charge < -0.3 is 0 Å². The van der Waals surface area contributed by atoms with Gasteiger partial charge in [-0.3, -0.25) is 4.79 Å². The molecule has 4 heteroatoms. The first-order chi connectivity index (χ1) is 8.34. The molecule has 1 aromatic carbocycles. The fraction of sp³-hybridized carbons (Fsp3) is 0.231. The Balaban J connectivity index is 1.94. The lowest BCUT2D eigenvalue weighted by molar-refractivity contribution is 0.103. The zero-order valence-electron chi connectivity index (χ0n) is 9.18. The van der Waals surface area contributed by atoms with E-state index in [0.717, 1.165) is 29.2 Å². The van der Waals surface area contributed by atoms with E-state index in [9.17, 15) is 4.79 Å². The van der Waals surface area contributed by atoms with Gasteiger partial charge in [0.1, 0.15) is 0 Å². The second-order valence-electron chi connectivity index (χ2n) is 3.89. The van der Waals surface area contributed by atoms with Crippen molar-refractivity contribution in [2.45, 2.75) is 12.2 Å². The maximum absolute atomic E-state index is 12.2. The highest BCUT2D eigenvalue weighted by molar-refractivity contribution is 7.98. The second-order valence-corrected chi connectivity index (χ2v) is 6.08. The Bertz CT molecular complexity index is 524. The molecule has 0 atom stereocenters. The zero-order valence-corrected chi connectivity index (χ0v) is 10.8. The van der Waals surface area contributed by atoms with Crippen LogP contribution in [-0.2, 0) is 12.2 Å². The van der Waals surface area contributed by atoms with Crippen molar-refractivity contribution in [1.29, 1.82) is 0 Å². The number of hydrogen-bond acceptors (Lipinski definition) is 4. The Labute approximate surface area is 108 Å². The van der Waals surface area contributed by atoms with E-state index in [4.69, 9.17) is 0 Å². The first-order valence-corrected chi connectivity index (χ1v) is 7.48. The number of thioether (sulfide) groups is 1. The van der Waals surface area contributed by atoms with Gasteiger partial charge in [0.2, 0.25) is 5.78 Å². The summed E-state index contributed by atoms with van der Waals surface area (Å²) in [5, 5.41) is 0.642. The number of nitrogens with zero attached hydrogens (tertiary/aromatic N) is 1. The van der Waals surface area contributed by atoms with Crippen LogP contribution in [0.2, 0.25) is 0 Å². The van der Waals surface area contributed by atoms with Crippen molar-refractivity contribution >= 4 is 28.9 Å². The number of hydrogen-bond donors (Lipinski definition) is 0. The predicted molar refractivity (Wildman–Crippen MR) is 71.9 cm³/mol. The lowest BCUT2D eigenvalue weighted by Gasteiger charge is -2.06. The molecule has 0 N–H and O–H groups in total. The topological polar surface area (TPSA) is 30.0 Å². The molecule has 1 aromatic heterocycles. The SMILES string of the molecule is O=C(c1ccccc1)c1nc2c(s1)CSCC2. The molecule has 0 spiro atoms. The monoisotopic (exact) mass is 261 g/mol. The van der Waals surface area contributed by atoms with Gasteiger partial charge in [0.05, 0.1) is 5.69 Å². The summed E-state index contributed by atoms with van der Waals surface area (Å²) in [4.78, 5) is 18.0. The molecule has 1 aliphatic rings. The minimum atomic E-state index is 0.0509. The molecule has 0 fully saturated rings. The van der Waals surface area contributed by atoms with Crippen molar-refractivity contribution in [1.82, 2.24) is 4.98 Å². The number of carbonyl (C=O) groups is 1. The molecule has 1 aliphatic heterocycles. The van der Waals surface area contributed by atoms with E-state index in [1.54, 1.807) is 11.3 Å². The maximum atomic E-state index is 12.2. The Kier molecular flexibility index (Phi) is 2.99. The predicted octanol–water partition coefficient (Wildman–Crippen LogP) is 3.16. The fourth-order valence-corrected chi connectivity index (χ4v) is 4.02. The molecule has 0 saturated heterocycles. The molecule has 0 aliphatic carbocycles. The van der Waals surface area contributed by atoms with Crippen LogP contribution >= 0.6 is 23.1 Å². The van der Waals surface area contributed by atoms with Crippen LogP contribution < -0.4 is 0 Å². The third-order valence-electron chi connectivity index (χ3n) is 2.72. The number of aromatic nitrogens is 1. The molecule has 0 bridgehead atoms. The number of aryl methyl sites for hydroxylation is 1. The molecule has 86 valence electrons. The maximum Gasteiger partial charge on any atom is 0.221 e. The molecule has 2 nitrogen and oxygen atoms in total. The van der Waals surface area contributed by atoms with Gasteiger partial charge in [-0.25, -0.2) is 4.98 Å². The first kappa shape index (κ1) is 11.0. The number of thiazole rings is 1. The van der Waals surface area contributed by atoms with Crippen LogP contribution in [0.1, 0.15) is 25.9 Å². The van der Waals surface area contributed by atoms with Crippen LogP contribution in [0.5, 0.6) is 0 Å². The minimum Gasteiger partial charge on any atom is -0.286 e. The third-order valence-corrected chi connectivity index (χ3v) is 4.99. The number of rotatable bonds is 2. The summed E-state index contributed by atoms with van der Waals surface area (Å²) in [6, 6.07) is 9.38. The molecule has 0 unspecified atom stereocenters. The van der Waals surface area contributed by atoms with Gasteiger partial charge >= 0.3 is 0 Å². The summed E-state index contributed by atoms with van der Waals surface area (Å²) in [5.74, 6) is 2.18. The smallest absolute Gasteiger partial charge is 0.221 e. The zero-order chi connectivity index (χ0) is 11.7. The normalized spacial score (nSPS) is 14.4. The second kappa shape index (κ2) is 4.63. The molecule has 17 heavy (non-hydrogen) atoms. The summed E-state index contributed by atoms with van der Waals surface area (Å²) in [7, 11) is 0. The standard InChI is InChI=1S/C13H11NOS2/c15-12(9-4-2-1-3-5-9)13-14-10-6-7-16-8-11(10)17-13/h1-5H,6-8H2. The number of benzene rings is 1. The molecule has 0 radical (unpaired) electrons. The van der Waals surface area contributed by atoms with Gasteiger partial charge in [-0.05, 0) is 12.2 Å². The molecule has 3 rings (SSSR count). The Morgan fingerprint density at radius 1 is 1.24 bits per heavy atom. The van der Waals surface area contributed by atoms with E-state index in [-0.39, 0.29) is 5.78 Å². The van der Waals surface area contributed by atoms with Gasteiger partial charge in [0.15, 0.2) is 5.01 Å². The largest absolute Gasteiger partial charge is 0.286 e. The van der Waals surface area contributed by atoms with Gasteiger partial charge in [-0.2, -0.15) is 11.8 Å². The van der Waals surface area contributed by atoms with Gasteiger partial charge in [-0.15, -0.1) is 11.3 Å². The van der Waals surface area contributed by atoms with Crippen molar-refractivity contribution in [3.05, 3.63) is 51.5 Å². The highest BCUT2D eigenvalue weighted by Crippen LogP contribution is 2.30. The highest BCUT2D eigenvalue weighted by atomic mass is 32.2. The van der Waals surface area contributed by atoms with Gasteiger partial charge in [0.25, 0.3) is 0 Å². The van der Waals surface area contributed by atoms with Gasteiger partial charge in [0, 0.05) is 16.2 Å². The summed E-state index contributed by atoms with van der Waals surface area (Å²) < 4.78 is 0. The molecular weight excluding hydrogens is 250 g/mol. The fourth-order valence-electron chi connectivity index (χ4n) is 1.84. The van der Waals surface area contributed by atoms with Crippen LogP contribution in [0.15, 0.2) is 30.3 Å². The number of fused-ring (bicyclic) bond motifs is 1. The van der Waals surface area contributed by atoms with Crippen molar-refractivity contribution in [2.75, 3.05) is 5.75 Å². The first-order valence-electron chi connectivity index (χ1n) is 5.50. The molecule has 2 heterocycles. The number of ketones is 1. The van der Waals surface area contributed by atoms with Crippen LogP contribution in [0.4, 0.5) is 0 Å². The van der Waals surface area contributed by atoms with E-state index < -0.39 is 0 Å². The molecular formula is C13H11NOS2. The van der Waals surface area contributed by atoms with Crippen molar-refractivity contribution in [3.63, 3.8) is 0 Å². The third kappa shape index (κ3) is 2.15. The lowest BCUT2D eigenvalue weighted by atomic mass is 10.1. The van der Waals surface area contributed by atoms with Crippen molar-refractivity contribution < 1.29 is 4.79 Å². The van der Waals surface area contributed by atoms with Crippen molar-refractivity contribution in [2.24, 2.45) is 0 Å². The Morgan fingerprint density at radius 3 is 2.82 bits per heavy atom. The van der Waals surface area contributed by atoms with Gasteiger partial charge in [-0.1, -0.05) is 30.3 Å². The van der Waals surface area contributed by atoms with E-state index in [2.05, 4.69) is 4.98 Å². The average molecular weight is 261 g/mol. The summed E-state index contributed by atoms with van der Waals surface area (Å²) >= 11 is 3.47. The molecule has 0 amide bonds. The number of carbonyl (C=O) groups excluding carboxylic acids is 1. The minimum absolute atomic E-state index is 0.0509. The molecule has 0 saturated carbocycles. The Hall–Kier alpha value is -1.13. The summed E-state index contributed by atoms with van der Waals surface area (Å²) in [6.07, 6.45) is 0.999. The summed E-state index contributed by atoms with van der Waals surface area (Å²) in [6.45, 7) is 0. The van der Waals surface area contributed by atoms with Crippen LogP contribution in [-0.4, -0.2) is 16.5 Å². The van der Waals surface area contributed by atoms with Crippen LogP contribution in [0, 0.1) is 0 Å². The summed E-state index contributed by atoms with van der Waals surface area (Å²) in [5.41, 5.74) is 1.86. The molecule has 2 aromatic rings. The van der Waals surface area contributed by atoms with E-state index in [1.165, 1.54) is 4.88 Å². The van der Waals surface area contributed by atoms with Crippen LogP contribution in [0.25, 0.3) is 0 Å². The Morgan fingerprint density at radius 2 is 2.06 bits per heavy atom. The average Bonchev–Trinajstić information content (AvgIpc) is 2.82. The quantitative estimate of drug-likeness (QED) is 0.778. The van der Waals surface area contributed by atoms with E-state index >= 15 is 0 Å². The van der Waals surface area contributed by atoms with Crippen molar-refractivity contribution in [3.8, 4) is 0 Å². The van der Waals surface area contributed by atoms with Crippen LogP contribution in [0.3, 0.4) is 0 Å². The van der Waals surface area contributed by atoms with E-state index in [0.29, 0.717) is 5.01 Å².